The highest BCUT2D eigenvalue weighted by Crippen LogP contribution is 2.37. The third-order valence-electron chi connectivity index (χ3n) is 7.53. The van der Waals surface area contributed by atoms with Crippen molar-refractivity contribution in [2.45, 2.75) is 69.6 Å². The Bertz CT molecular complexity index is 1060. The Labute approximate surface area is 212 Å². The number of aliphatic carboxylic acids is 1. The predicted molar refractivity (Wildman–Crippen MR) is 135 cm³/mol. The highest BCUT2D eigenvalue weighted by atomic mass is 19.1. The number of benzene rings is 1. The molecule has 3 aliphatic rings. The predicted octanol–water partition coefficient (Wildman–Crippen LogP) is 4.67. The lowest BCUT2D eigenvalue weighted by molar-refractivity contribution is -0.143. The van der Waals surface area contributed by atoms with E-state index in [4.69, 9.17) is 14.5 Å². The third-order valence-corrected chi connectivity index (χ3v) is 7.53. The Kier molecular flexibility index (Phi) is 8.14. The van der Waals surface area contributed by atoms with Gasteiger partial charge in [-0.05, 0) is 86.3 Å². The number of aryl methyl sites for hydroxylation is 2. The average molecular weight is 498 g/mol. The standard InChI is InChI=1S/C28H36FN3O4/c29-20-9-11-23(25-7-4-16-36-25)24(17-20)26(28(33)34)32-14-12-22(18-32)35-15-2-1-6-21-10-8-19-5-3-13-30-27(19)31-21/h8-11,17,22,25-26H,1-7,12-16,18H2,(H,30,31)(H,33,34)/t22-,25+,26?/m1/s1. The van der Waals surface area contributed by atoms with Crippen LogP contribution in [0.1, 0.15) is 73.1 Å². The summed E-state index contributed by atoms with van der Waals surface area (Å²) in [6, 6.07) is 7.87. The van der Waals surface area contributed by atoms with E-state index in [1.165, 1.54) is 17.7 Å². The number of ether oxygens (including phenoxy) is 2. The highest BCUT2D eigenvalue weighted by molar-refractivity contribution is 5.76. The Balaban J connectivity index is 1.12. The van der Waals surface area contributed by atoms with Crippen molar-refractivity contribution in [1.29, 1.82) is 0 Å². The van der Waals surface area contributed by atoms with Crippen LogP contribution in [0.4, 0.5) is 10.2 Å². The third kappa shape index (κ3) is 5.88. The van der Waals surface area contributed by atoms with Crippen molar-refractivity contribution < 1.29 is 23.8 Å². The van der Waals surface area contributed by atoms with Crippen molar-refractivity contribution >= 4 is 11.8 Å². The Morgan fingerprint density at radius 2 is 2.17 bits per heavy atom. The van der Waals surface area contributed by atoms with Crippen LogP contribution in [0.25, 0.3) is 0 Å². The summed E-state index contributed by atoms with van der Waals surface area (Å²) < 4.78 is 26.1. The number of unbranched alkanes of at least 4 members (excludes halogenated alkanes) is 1. The summed E-state index contributed by atoms with van der Waals surface area (Å²) in [4.78, 5) is 19.0. The minimum Gasteiger partial charge on any atom is -0.480 e. The van der Waals surface area contributed by atoms with Gasteiger partial charge in [-0.15, -0.1) is 0 Å². The van der Waals surface area contributed by atoms with Crippen molar-refractivity contribution in [2.24, 2.45) is 0 Å². The molecule has 0 aliphatic carbocycles. The summed E-state index contributed by atoms with van der Waals surface area (Å²) in [5.41, 5.74) is 3.70. The maximum Gasteiger partial charge on any atom is 0.325 e. The fraction of sp³-hybridized carbons (Fsp3) is 0.571. The molecule has 0 radical (unpaired) electrons. The first-order valence-electron chi connectivity index (χ1n) is 13.3. The molecule has 8 heteroatoms. The van der Waals surface area contributed by atoms with Crippen LogP contribution in [-0.2, 0) is 27.1 Å². The van der Waals surface area contributed by atoms with Gasteiger partial charge in [-0.1, -0.05) is 12.1 Å². The molecular weight excluding hydrogens is 461 g/mol. The van der Waals surface area contributed by atoms with E-state index in [0.717, 1.165) is 75.0 Å². The first-order chi connectivity index (χ1) is 17.6. The van der Waals surface area contributed by atoms with Crippen molar-refractivity contribution in [1.82, 2.24) is 9.88 Å². The lowest BCUT2D eigenvalue weighted by Crippen LogP contribution is -2.34. The molecule has 3 aliphatic heterocycles. The molecule has 194 valence electrons. The van der Waals surface area contributed by atoms with Crippen molar-refractivity contribution in [2.75, 3.05) is 38.2 Å². The molecule has 2 aromatic rings. The number of anilines is 1. The molecule has 0 amide bonds. The number of halogens is 1. The molecule has 4 heterocycles. The summed E-state index contributed by atoms with van der Waals surface area (Å²) in [6.07, 6.45) is 7.44. The summed E-state index contributed by atoms with van der Waals surface area (Å²) in [6.45, 7) is 3.41. The largest absolute Gasteiger partial charge is 0.480 e. The number of pyridine rings is 1. The number of carboxylic acid groups (broad SMARTS) is 1. The van der Waals surface area contributed by atoms with E-state index >= 15 is 0 Å². The number of hydrogen-bond acceptors (Lipinski definition) is 6. The summed E-state index contributed by atoms with van der Waals surface area (Å²) in [7, 11) is 0. The first-order valence-corrected chi connectivity index (χ1v) is 13.3. The quantitative estimate of drug-likeness (QED) is 0.462. The number of likely N-dealkylation sites (tertiary alicyclic amines) is 1. The van der Waals surface area contributed by atoms with E-state index in [2.05, 4.69) is 17.4 Å². The van der Waals surface area contributed by atoms with E-state index in [0.29, 0.717) is 31.9 Å². The molecule has 36 heavy (non-hydrogen) atoms. The number of fused-ring (bicyclic) bond motifs is 1. The molecule has 0 spiro atoms. The highest BCUT2D eigenvalue weighted by Gasteiger charge is 2.37. The zero-order valence-corrected chi connectivity index (χ0v) is 20.8. The van der Waals surface area contributed by atoms with Crippen molar-refractivity contribution in [3.05, 3.63) is 58.5 Å². The van der Waals surface area contributed by atoms with E-state index in [1.54, 1.807) is 6.07 Å². The molecule has 2 saturated heterocycles. The van der Waals surface area contributed by atoms with E-state index in [9.17, 15) is 14.3 Å². The van der Waals surface area contributed by atoms with Crippen LogP contribution in [0, 0.1) is 5.82 Å². The van der Waals surface area contributed by atoms with Crippen LogP contribution in [0.15, 0.2) is 30.3 Å². The number of hydrogen-bond donors (Lipinski definition) is 2. The molecule has 7 nitrogen and oxygen atoms in total. The van der Waals surface area contributed by atoms with Crippen molar-refractivity contribution in [3.8, 4) is 0 Å². The van der Waals surface area contributed by atoms with Crippen LogP contribution >= 0.6 is 0 Å². The maximum absolute atomic E-state index is 14.2. The van der Waals surface area contributed by atoms with Gasteiger partial charge in [0.1, 0.15) is 17.7 Å². The SMILES string of the molecule is O=C(O)C(c1cc(F)ccc1[C@@H]1CCCO1)N1CC[C@@H](OCCCCc2ccc3c(n2)NCCC3)C1. The second-order valence-electron chi connectivity index (χ2n) is 10.1. The zero-order chi connectivity index (χ0) is 24.9. The Hall–Kier alpha value is -2.55. The van der Waals surface area contributed by atoms with Crippen LogP contribution < -0.4 is 5.32 Å². The second kappa shape index (κ2) is 11.7. The fourth-order valence-corrected chi connectivity index (χ4v) is 5.68. The molecule has 2 fully saturated rings. The minimum absolute atomic E-state index is 0.0161. The van der Waals surface area contributed by atoms with Crippen LogP contribution in [0.2, 0.25) is 0 Å². The lowest BCUT2D eigenvalue weighted by atomic mass is 9.94. The normalized spacial score (nSPS) is 22.8. The van der Waals surface area contributed by atoms with Gasteiger partial charge in [0.2, 0.25) is 0 Å². The van der Waals surface area contributed by atoms with Crippen LogP contribution in [0.3, 0.4) is 0 Å². The van der Waals surface area contributed by atoms with Gasteiger partial charge in [-0.3, -0.25) is 9.69 Å². The van der Waals surface area contributed by atoms with Gasteiger partial charge >= 0.3 is 5.97 Å². The van der Waals surface area contributed by atoms with Gasteiger partial charge in [-0.25, -0.2) is 9.37 Å². The Morgan fingerprint density at radius 3 is 3.00 bits per heavy atom. The van der Waals surface area contributed by atoms with Gasteiger partial charge in [-0.2, -0.15) is 0 Å². The summed E-state index contributed by atoms with van der Waals surface area (Å²) in [5, 5.41) is 13.5. The molecule has 1 aromatic heterocycles. The van der Waals surface area contributed by atoms with Gasteiger partial charge in [0, 0.05) is 38.5 Å². The van der Waals surface area contributed by atoms with Crippen LogP contribution in [-0.4, -0.2) is 59.9 Å². The number of nitrogens with zero attached hydrogens (tertiary/aromatic N) is 2. The molecule has 0 bridgehead atoms. The lowest BCUT2D eigenvalue weighted by Gasteiger charge is -2.28. The topological polar surface area (TPSA) is 83.9 Å². The number of carboxylic acids is 1. The summed E-state index contributed by atoms with van der Waals surface area (Å²) in [5.74, 6) is -0.350. The molecule has 2 N–H and O–H groups in total. The van der Waals surface area contributed by atoms with Gasteiger partial charge in [0.05, 0.1) is 12.2 Å². The number of rotatable bonds is 10. The number of carbonyl (C=O) groups is 1. The first kappa shape index (κ1) is 25.1. The Morgan fingerprint density at radius 1 is 1.25 bits per heavy atom. The van der Waals surface area contributed by atoms with Gasteiger partial charge < -0.3 is 19.9 Å². The van der Waals surface area contributed by atoms with Gasteiger partial charge in [0.25, 0.3) is 0 Å². The average Bonchev–Trinajstić information content (AvgIpc) is 3.57. The molecule has 0 saturated carbocycles. The molecule has 3 atom stereocenters. The number of aromatic nitrogens is 1. The zero-order valence-electron chi connectivity index (χ0n) is 20.8. The molecule has 5 rings (SSSR count). The monoisotopic (exact) mass is 497 g/mol. The van der Waals surface area contributed by atoms with E-state index in [-0.39, 0.29) is 12.2 Å². The minimum atomic E-state index is -0.965. The molecule has 1 aromatic carbocycles. The smallest absolute Gasteiger partial charge is 0.325 e. The second-order valence-corrected chi connectivity index (χ2v) is 10.1. The van der Waals surface area contributed by atoms with E-state index in [1.807, 2.05) is 4.90 Å². The van der Waals surface area contributed by atoms with Gasteiger partial charge in [0.15, 0.2) is 0 Å². The molecule has 1 unspecified atom stereocenters. The van der Waals surface area contributed by atoms with Crippen molar-refractivity contribution in [3.63, 3.8) is 0 Å². The van der Waals surface area contributed by atoms with E-state index < -0.39 is 17.8 Å². The summed E-state index contributed by atoms with van der Waals surface area (Å²) >= 11 is 0. The van der Waals surface area contributed by atoms with Crippen LogP contribution in [0.5, 0.6) is 0 Å². The maximum atomic E-state index is 14.2. The fourth-order valence-electron chi connectivity index (χ4n) is 5.68. The molecular formula is C28H36FN3O4. The number of nitrogens with one attached hydrogen (secondary N) is 1.